The minimum Gasteiger partial charge on any atom is -1.00 e. The Balaban J connectivity index is 0. The van der Waals surface area contributed by atoms with E-state index in [1.165, 1.54) is 5.57 Å². The standard InChI is InChI=1S/C6H7.C4H9NO.C2H7Si.2ClH.Ti/c1-6-4-2-3-5-6;1-2-3-4(5)6;1-3-2;;;/h4-5H,2H2,1H3;2-3H2,1H3,(H2,5,6);3H,1-2H3;2*1H;/q;;;;;+3/p-3. The summed E-state index contributed by atoms with van der Waals surface area (Å²) in [7, 11) is 0. The Morgan fingerprint density at radius 1 is 1.44 bits per heavy atom. The maximum absolute atomic E-state index is 11.7. The normalized spacial score (nSPS) is 13.2. The van der Waals surface area contributed by atoms with Gasteiger partial charge in [-0.25, -0.2) is 0 Å². The fraction of sp³-hybridized carbons (Fsp3) is 0.583. The first kappa shape index (κ1) is 20.8. The van der Waals surface area contributed by atoms with Crippen molar-refractivity contribution >= 4 is 12.6 Å². The van der Waals surface area contributed by atoms with E-state index in [0.29, 0.717) is 6.42 Å². The van der Waals surface area contributed by atoms with E-state index in [2.05, 4.69) is 42.9 Å². The van der Waals surface area contributed by atoms with E-state index >= 15 is 0 Å². The van der Waals surface area contributed by atoms with E-state index in [9.17, 15) is 4.79 Å². The number of carbonyl (C=O) groups is 1. The van der Waals surface area contributed by atoms with Crippen LogP contribution in [0.15, 0.2) is 21.6 Å². The molecule has 1 rings (SSSR count). The molecule has 0 unspecified atom stereocenters. The van der Waals surface area contributed by atoms with Gasteiger partial charge in [0.2, 0.25) is 0 Å². The van der Waals surface area contributed by atoms with E-state index in [1.807, 2.05) is 0 Å². The second-order valence-corrected chi connectivity index (χ2v) is 17.5. The number of amides is 1. The van der Waals surface area contributed by atoms with Crippen molar-refractivity contribution in [3.05, 3.63) is 21.6 Å². The van der Waals surface area contributed by atoms with Crippen molar-refractivity contribution in [2.45, 2.75) is 46.2 Å². The molecule has 0 fully saturated rings. The Morgan fingerprint density at radius 2 is 2.06 bits per heavy atom. The number of nitrogens with one attached hydrogen (secondary N) is 1. The third kappa shape index (κ3) is 6.58. The van der Waals surface area contributed by atoms with E-state index in [-0.39, 0.29) is 30.7 Å². The first-order valence-electron chi connectivity index (χ1n) is 6.09. The molecule has 0 bridgehead atoms. The van der Waals surface area contributed by atoms with Crippen LogP contribution in [0.1, 0.15) is 33.1 Å². The Bertz CT molecular complexity index is 332. The molecule has 0 aliphatic heterocycles. The van der Waals surface area contributed by atoms with Gasteiger partial charge < -0.3 is 24.8 Å². The largest absolute Gasteiger partial charge is 1.00 e. The quantitative estimate of drug-likeness (QED) is 0.520. The summed E-state index contributed by atoms with van der Waals surface area (Å²) < 4.78 is 4.94. The Labute approximate surface area is 130 Å². The van der Waals surface area contributed by atoms with Gasteiger partial charge in [-0.3, -0.25) is 0 Å². The summed E-state index contributed by atoms with van der Waals surface area (Å²) in [5.74, 6) is 0.282. The third-order valence-corrected chi connectivity index (χ3v) is 13.9. The second-order valence-electron chi connectivity index (χ2n) is 4.69. The number of hydrogen-bond acceptors (Lipinski definition) is 1. The van der Waals surface area contributed by atoms with Crippen molar-refractivity contribution in [3.63, 3.8) is 0 Å². The van der Waals surface area contributed by atoms with Crippen LogP contribution in [0, 0.1) is 0 Å². The smallest absolute Gasteiger partial charge is 1.00 e. The maximum atomic E-state index is 11.7. The van der Waals surface area contributed by atoms with Gasteiger partial charge in [0.1, 0.15) is 0 Å². The summed E-state index contributed by atoms with van der Waals surface area (Å²) in [5, 5.41) is 0. The van der Waals surface area contributed by atoms with E-state index in [4.69, 9.17) is 0 Å². The fourth-order valence-corrected chi connectivity index (χ4v) is 11.3. The molecule has 0 saturated heterocycles. The van der Waals surface area contributed by atoms with Gasteiger partial charge in [0, 0.05) is 0 Å². The molecule has 103 valence electrons. The van der Waals surface area contributed by atoms with Crippen molar-refractivity contribution in [2.75, 3.05) is 0 Å². The predicted octanol–water partition coefficient (Wildman–Crippen LogP) is -3.34. The van der Waals surface area contributed by atoms with Crippen LogP contribution in [-0.4, -0.2) is 12.6 Å². The monoisotopic (exact) mass is 342 g/mol. The van der Waals surface area contributed by atoms with Crippen LogP contribution in [0.3, 0.4) is 0 Å². The molecule has 1 aliphatic rings. The summed E-state index contributed by atoms with van der Waals surface area (Å²) >= 11 is -1.44. The van der Waals surface area contributed by atoms with E-state index in [1.54, 1.807) is 3.88 Å². The van der Waals surface area contributed by atoms with Gasteiger partial charge in [0.15, 0.2) is 0 Å². The van der Waals surface area contributed by atoms with Gasteiger partial charge in [0.05, 0.1) is 0 Å². The van der Waals surface area contributed by atoms with Gasteiger partial charge in [0.25, 0.3) is 0 Å². The second kappa shape index (κ2) is 10.3. The van der Waals surface area contributed by atoms with Crippen molar-refractivity contribution in [3.8, 4) is 0 Å². The minimum absolute atomic E-state index is 0. The fourth-order valence-electron chi connectivity index (χ4n) is 1.89. The zero-order valence-electron chi connectivity index (χ0n) is 11.5. The van der Waals surface area contributed by atoms with Gasteiger partial charge >= 0.3 is 106 Å². The van der Waals surface area contributed by atoms with Gasteiger partial charge in [-0.1, -0.05) is 0 Å². The summed E-state index contributed by atoms with van der Waals surface area (Å²) in [6.45, 7) is 8.24. The summed E-state index contributed by atoms with van der Waals surface area (Å²) in [6.07, 6.45) is 7.34. The summed E-state index contributed by atoms with van der Waals surface area (Å²) in [4.78, 5) is 11.7. The Kier molecular flexibility index (Phi) is 11.9. The molecule has 0 aromatic heterocycles. The van der Waals surface area contributed by atoms with Crippen LogP contribution < -0.4 is 28.6 Å². The summed E-state index contributed by atoms with van der Waals surface area (Å²) in [5.41, 5.74) is 1.37. The third-order valence-electron chi connectivity index (χ3n) is 2.72. The van der Waals surface area contributed by atoms with Crippen LogP contribution in [-0.2, 0) is 22.2 Å². The number of halogens is 2. The zero-order chi connectivity index (χ0) is 12.1. The first-order valence-corrected chi connectivity index (χ1v) is 13.2. The molecule has 0 atom stereocenters. The van der Waals surface area contributed by atoms with Crippen LogP contribution in [0.5, 0.6) is 0 Å². The SMILES string of the molecule is CCCC(=O)[NH][Ti+2]([C]1=CC(C)=CC1)[SiH](C)C.[Cl-].[Cl-]. The Morgan fingerprint density at radius 3 is 2.44 bits per heavy atom. The zero-order valence-corrected chi connectivity index (χ0v) is 15.7. The number of carbonyl (C=O) groups excluding carboxylic acids is 1. The topological polar surface area (TPSA) is 29.1 Å². The molecule has 0 aromatic rings. The van der Waals surface area contributed by atoms with E-state index < -0.39 is 24.0 Å². The van der Waals surface area contributed by atoms with Crippen LogP contribution in [0.2, 0.25) is 13.1 Å². The molecule has 0 saturated carbocycles. The van der Waals surface area contributed by atoms with Gasteiger partial charge in [-0.05, 0) is 0 Å². The molecule has 0 aromatic carbocycles. The average molecular weight is 343 g/mol. The molecule has 6 heteroatoms. The van der Waals surface area contributed by atoms with Crippen molar-refractivity contribution in [1.82, 2.24) is 3.80 Å². The number of allylic oxidation sites excluding steroid dienone is 4. The predicted molar refractivity (Wildman–Crippen MR) is 68.4 cm³/mol. The maximum Gasteiger partial charge on any atom is -1.00 e. The number of hydrogen-bond donors (Lipinski definition) is 1. The summed E-state index contributed by atoms with van der Waals surface area (Å²) in [6, 6.07) is 0. The van der Waals surface area contributed by atoms with Crippen LogP contribution in [0.4, 0.5) is 0 Å². The molecule has 0 heterocycles. The molecule has 0 spiro atoms. The first-order chi connectivity index (χ1) is 7.54. The molecule has 1 N–H and O–H groups in total. The average Bonchev–Trinajstić information content (AvgIpc) is 2.61. The minimum atomic E-state index is -1.44. The molecule has 1 aliphatic carbocycles. The molecule has 18 heavy (non-hydrogen) atoms. The number of rotatable bonds is 5. The molecule has 2 nitrogen and oxygen atoms in total. The molecule has 1 amide bonds. The van der Waals surface area contributed by atoms with Crippen molar-refractivity contribution in [1.29, 1.82) is 0 Å². The van der Waals surface area contributed by atoms with Crippen molar-refractivity contribution < 1.29 is 47.0 Å². The van der Waals surface area contributed by atoms with Gasteiger partial charge in [-0.2, -0.15) is 0 Å². The molecular formula is C12H22Cl2NOSiTi. The Hall–Kier alpha value is 0.461. The van der Waals surface area contributed by atoms with Gasteiger partial charge in [-0.15, -0.1) is 0 Å². The molecule has 0 radical (unpaired) electrons. The molecular weight excluding hydrogens is 321 g/mol. The van der Waals surface area contributed by atoms with Crippen molar-refractivity contribution in [2.24, 2.45) is 0 Å². The van der Waals surface area contributed by atoms with Crippen LogP contribution >= 0.6 is 0 Å². The van der Waals surface area contributed by atoms with Crippen LogP contribution in [0.25, 0.3) is 0 Å². The van der Waals surface area contributed by atoms with E-state index in [0.717, 1.165) is 12.8 Å².